The van der Waals surface area contributed by atoms with Gasteiger partial charge in [-0.3, -0.25) is 14.4 Å². The van der Waals surface area contributed by atoms with E-state index in [0.717, 1.165) is 20.8 Å². The fourth-order valence-corrected chi connectivity index (χ4v) is 3.36. The molecule has 1 aliphatic rings. The summed E-state index contributed by atoms with van der Waals surface area (Å²) in [7, 11) is 0. The molecule has 3 atom stereocenters. The van der Waals surface area contributed by atoms with Crippen molar-refractivity contribution in [2.24, 2.45) is 0 Å². The number of carbonyl (C=O) groups excluding carboxylic acids is 3. The zero-order valence-corrected chi connectivity index (χ0v) is 12.8. The Morgan fingerprint density at radius 2 is 1.55 bits per heavy atom. The molecule has 0 aliphatic carbocycles. The van der Waals surface area contributed by atoms with Crippen LogP contribution in [0.5, 0.6) is 0 Å². The van der Waals surface area contributed by atoms with Gasteiger partial charge in [0.05, 0.1) is 0 Å². The Kier molecular flexibility index (Phi) is 6.09. The van der Waals surface area contributed by atoms with E-state index in [0.29, 0.717) is 11.8 Å². The van der Waals surface area contributed by atoms with Crippen LogP contribution in [0.15, 0.2) is 0 Å². The molecule has 22 heavy (non-hydrogen) atoms. The average molecular weight is 344 g/mol. The van der Waals surface area contributed by atoms with Crippen molar-refractivity contribution in [1.82, 2.24) is 0 Å². The topological polar surface area (TPSA) is 78.9 Å². The van der Waals surface area contributed by atoms with Crippen LogP contribution in [0.4, 0.5) is 13.2 Å². The van der Waals surface area contributed by atoms with Crippen molar-refractivity contribution in [2.45, 2.75) is 56.3 Å². The summed E-state index contributed by atoms with van der Waals surface area (Å²) in [5.74, 6) is -2.43. The summed E-state index contributed by atoms with van der Waals surface area (Å²) in [6.45, 7) is 3.10. The first-order valence-corrected chi connectivity index (χ1v) is 7.18. The van der Waals surface area contributed by atoms with E-state index in [-0.39, 0.29) is 0 Å². The van der Waals surface area contributed by atoms with Gasteiger partial charge in [0.2, 0.25) is 0 Å². The lowest BCUT2D eigenvalue weighted by molar-refractivity contribution is -0.189. The predicted molar refractivity (Wildman–Crippen MR) is 68.7 cm³/mol. The maximum absolute atomic E-state index is 12.9. The number of hydrogen-bond donors (Lipinski definition) is 0. The maximum Gasteiger partial charge on any atom is 0.400 e. The molecule has 1 aliphatic heterocycles. The Balaban J connectivity index is 2.98. The minimum atomic E-state index is -4.52. The lowest BCUT2D eigenvalue weighted by Gasteiger charge is -2.26. The van der Waals surface area contributed by atoms with Crippen molar-refractivity contribution in [2.75, 3.05) is 0 Å². The number of esters is 3. The molecule has 0 aromatic carbocycles. The van der Waals surface area contributed by atoms with Gasteiger partial charge in [-0.05, 0) is 0 Å². The van der Waals surface area contributed by atoms with Crippen LogP contribution in [-0.2, 0) is 28.6 Å². The van der Waals surface area contributed by atoms with Gasteiger partial charge in [0.25, 0.3) is 6.29 Å². The molecule has 0 radical (unpaired) electrons. The Morgan fingerprint density at radius 1 is 1.05 bits per heavy atom. The highest BCUT2D eigenvalue weighted by atomic mass is 32.2. The zero-order chi connectivity index (χ0) is 17.1. The first kappa shape index (κ1) is 18.6. The van der Waals surface area contributed by atoms with E-state index >= 15 is 0 Å². The summed E-state index contributed by atoms with van der Waals surface area (Å²) in [4.78, 5) is 33.1. The number of ether oxygens (including phenoxy) is 3. The highest BCUT2D eigenvalue weighted by Gasteiger charge is 2.54. The number of alkyl halides is 3. The van der Waals surface area contributed by atoms with Crippen LogP contribution in [-0.4, -0.2) is 47.0 Å². The van der Waals surface area contributed by atoms with E-state index in [1.165, 1.54) is 0 Å². The Morgan fingerprint density at radius 3 is 1.91 bits per heavy atom. The van der Waals surface area contributed by atoms with Crippen LogP contribution in [0.1, 0.15) is 27.2 Å². The number of carbonyl (C=O) groups is 3. The van der Waals surface area contributed by atoms with Crippen LogP contribution in [0, 0.1) is 0 Å². The summed E-state index contributed by atoms with van der Waals surface area (Å²) in [5.41, 5.74) is 0. The third-order valence-electron chi connectivity index (χ3n) is 2.65. The van der Waals surface area contributed by atoms with Gasteiger partial charge in [-0.2, -0.15) is 13.2 Å². The zero-order valence-electron chi connectivity index (χ0n) is 12.0. The summed E-state index contributed by atoms with van der Waals surface area (Å²) in [6.07, 6.45) is -7.76. The number of rotatable bonds is 4. The van der Waals surface area contributed by atoms with Crippen LogP contribution in [0.3, 0.4) is 0 Å². The standard InChI is InChI=1S/C12H15F3O6S/c1-5(16)19-8-4-9(12(13,14)15)22-10(8)11(20-6(2)17)21-7(3)18/h8-11H,4H2,1-3H3. The highest BCUT2D eigenvalue weighted by molar-refractivity contribution is 8.01. The first-order valence-electron chi connectivity index (χ1n) is 6.24. The molecule has 0 bridgehead atoms. The van der Waals surface area contributed by atoms with Crippen LogP contribution in [0.25, 0.3) is 0 Å². The molecular formula is C12H15F3O6S. The van der Waals surface area contributed by atoms with Crippen molar-refractivity contribution in [3.8, 4) is 0 Å². The van der Waals surface area contributed by atoms with E-state index < -0.39 is 53.4 Å². The lowest BCUT2D eigenvalue weighted by Crippen LogP contribution is -2.39. The van der Waals surface area contributed by atoms with Gasteiger partial charge in [-0.1, -0.05) is 0 Å². The fraction of sp³-hybridized carbons (Fsp3) is 0.750. The van der Waals surface area contributed by atoms with E-state index in [4.69, 9.17) is 14.2 Å². The highest BCUT2D eigenvalue weighted by Crippen LogP contribution is 2.46. The molecule has 0 aromatic heterocycles. The quantitative estimate of drug-likeness (QED) is 0.568. The van der Waals surface area contributed by atoms with E-state index in [1.807, 2.05) is 0 Å². The van der Waals surface area contributed by atoms with Crippen molar-refractivity contribution >= 4 is 29.7 Å². The van der Waals surface area contributed by atoms with Crippen molar-refractivity contribution in [3.63, 3.8) is 0 Å². The molecule has 10 heteroatoms. The number of hydrogen-bond acceptors (Lipinski definition) is 7. The van der Waals surface area contributed by atoms with Gasteiger partial charge in [0, 0.05) is 27.2 Å². The van der Waals surface area contributed by atoms with Crippen LogP contribution < -0.4 is 0 Å². The molecule has 126 valence electrons. The van der Waals surface area contributed by atoms with Gasteiger partial charge >= 0.3 is 24.1 Å². The van der Waals surface area contributed by atoms with E-state index in [1.54, 1.807) is 0 Å². The molecule has 3 unspecified atom stereocenters. The molecule has 0 aromatic rings. The second-order valence-corrected chi connectivity index (χ2v) is 5.99. The van der Waals surface area contributed by atoms with E-state index in [9.17, 15) is 27.6 Å². The second kappa shape index (κ2) is 7.21. The summed E-state index contributed by atoms with van der Waals surface area (Å²) in [6, 6.07) is 0. The summed E-state index contributed by atoms with van der Waals surface area (Å²) in [5, 5.41) is -2.96. The summed E-state index contributed by atoms with van der Waals surface area (Å²) >= 11 is 0.403. The molecular weight excluding hydrogens is 329 g/mol. The molecule has 1 fully saturated rings. The SMILES string of the molecule is CC(=O)OC1CC(C(F)(F)F)SC1C(OC(C)=O)OC(C)=O. The maximum atomic E-state index is 12.9. The Hall–Kier alpha value is -1.45. The predicted octanol–water partition coefficient (Wildman–Crippen LogP) is 1.81. The van der Waals surface area contributed by atoms with Gasteiger partial charge in [-0.25, -0.2) is 0 Å². The minimum absolute atomic E-state index is 0.403. The van der Waals surface area contributed by atoms with E-state index in [2.05, 4.69) is 0 Å². The molecule has 0 saturated carbocycles. The molecule has 1 heterocycles. The fourth-order valence-electron chi connectivity index (χ4n) is 1.94. The van der Waals surface area contributed by atoms with Crippen molar-refractivity contribution < 1.29 is 41.8 Å². The van der Waals surface area contributed by atoms with Gasteiger partial charge < -0.3 is 14.2 Å². The Labute approximate surface area is 128 Å². The number of halogens is 3. The van der Waals surface area contributed by atoms with Crippen molar-refractivity contribution in [3.05, 3.63) is 0 Å². The summed E-state index contributed by atoms with van der Waals surface area (Å²) < 4.78 is 52.9. The lowest BCUT2D eigenvalue weighted by atomic mass is 10.1. The third kappa shape index (κ3) is 5.39. The second-order valence-electron chi connectivity index (χ2n) is 4.60. The smallest absolute Gasteiger partial charge is 0.400 e. The molecule has 0 spiro atoms. The van der Waals surface area contributed by atoms with Gasteiger partial charge in [0.1, 0.15) is 16.6 Å². The van der Waals surface area contributed by atoms with Gasteiger partial charge in [-0.15, -0.1) is 11.8 Å². The van der Waals surface area contributed by atoms with Gasteiger partial charge in [0.15, 0.2) is 0 Å². The molecule has 0 N–H and O–H groups in total. The molecule has 1 rings (SSSR count). The average Bonchev–Trinajstić information content (AvgIpc) is 2.69. The number of thioether (sulfide) groups is 1. The minimum Gasteiger partial charge on any atom is -0.461 e. The largest absolute Gasteiger partial charge is 0.461 e. The van der Waals surface area contributed by atoms with Crippen molar-refractivity contribution in [1.29, 1.82) is 0 Å². The van der Waals surface area contributed by atoms with Crippen LogP contribution >= 0.6 is 11.8 Å². The molecule has 6 nitrogen and oxygen atoms in total. The molecule has 0 amide bonds. The normalized spacial score (nSPS) is 25.0. The third-order valence-corrected chi connectivity index (χ3v) is 4.28. The monoisotopic (exact) mass is 344 g/mol. The Bertz CT molecular complexity index is 437. The first-order chi connectivity index (χ1) is 10.0. The van der Waals surface area contributed by atoms with Crippen LogP contribution in [0.2, 0.25) is 0 Å². The molecule has 1 saturated heterocycles.